The molecular weight excluding hydrogens is 504 g/mol. The Morgan fingerprint density at radius 2 is 1.54 bits per heavy atom. The Hall–Kier alpha value is -5.19. The van der Waals surface area contributed by atoms with E-state index in [0.717, 1.165) is 16.0 Å². The molecule has 2 saturated heterocycles. The number of carbonyl (C=O) groups excluding carboxylic acids is 3. The van der Waals surface area contributed by atoms with Gasteiger partial charge in [0, 0.05) is 36.0 Å². The lowest BCUT2D eigenvalue weighted by molar-refractivity contribution is -0.385. The molecule has 3 aliphatic rings. The fourth-order valence-electron chi connectivity index (χ4n) is 6.04. The van der Waals surface area contributed by atoms with Crippen LogP contribution >= 0.6 is 0 Å². The standard InChI is InChI=1S/C28H20N4O7/c1-15-13-19(32(38)39)9-10-21(15)30-27(34)22-23(28(30)35)25(26(33)17-6-4-7-18(14-17)31(36)37)29-12-11-16-5-2-3-8-20(16)24(22)29/h2-14,22-25H,1H3/t22-,23-,24+,25+/m1/s1. The highest BCUT2D eigenvalue weighted by Gasteiger charge is 2.64. The van der Waals surface area contributed by atoms with Gasteiger partial charge < -0.3 is 4.90 Å². The van der Waals surface area contributed by atoms with Gasteiger partial charge in [-0.25, -0.2) is 4.90 Å². The van der Waals surface area contributed by atoms with E-state index in [4.69, 9.17) is 0 Å². The highest BCUT2D eigenvalue weighted by atomic mass is 16.6. The Labute approximate surface area is 221 Å². The second-order valence-corrected chi connectivity index (χ2v) is 9.74. The summed E-state index contributed by atoms with van der Waals surface area (Å²) in [5.74, 6) is -3.59. The predicted octanol–water partition coefficient (Wildman–Crippen LogP) is 4.21. The minimum atomic E-state index is -1.09. The molecule has 0 N–H and O–H groups in total. The Kier molecular flexibility index (Phi) is 5.38. The van der Waals surface area contributed by atoms with Gasteiger partial charge in [0.05, 0.1) is 33.4 Å². The van der Waals surface area contributed by atoms with Gasteiger partial charge in [-0.05, 0) is 35.8 Å². The number of imide groups is 1. The number of carbonyl (C=O) groups is 3. The third-order valence-electron chi connectivity index (χ3n) is 7.70. The van der Waals surface area contributed by atoms with E-state index in [1.807, 2.05) is 30.3 Å². The molecule has 3 heterocycles. The highest BCUT2D eigenvalue weighted by molar-refractivity contribution is 6.25. The van der Waals surface area contributed by atoms with Crippen LogP contribution in [0.4, 0.5) is 17.1 Å². The van der Waals surface area contributed by atoms with Gasteiger partial charge in [-0.3, -0.25) is 34.6 Å². The maximum atomic E-state index is 14.0. The molecule has 0 aromatic heterocycles. The summed E-state index contributed by atoms with van der Waals surface area (Å²) in [4.78, 5) is 66.1. The van der Waals surface area contributed by atoms with Gasteiger partial charge in [-0.1, -0.05) is 36.4 Å². The summed E-state index contributed by atoms with van der Waals surface area (Å²) in [5.41, 5.74) is 1.85. The minimum Gasteiger partial charge on any atom is -0.358 e. The number of anilines is 1. The molecule has 0 saturated carbocycles. The summed E-state index contributed by atoms with van der Waals surface area (Å²) in [6.07, 6.45) is 3.51. The number of nitro groups is 2. The molecule has 0 aliphatic carbocycles. The van der Waals surface area contributed by atoms with Crippen LogP contribution in [0, 0.1) is 39.0 Å². The van der Waals surface area contributed by atoms with E-state index in [0.29, 0.717) is 5.56 Å². The molecule has 3 aliphatic heterocycles. The van der Waals surface area contributed by atoms with Crippen molar-refractivity contribution in [2.45, 2.75) is 19.0 Å². The Balaban J connectivity index is 1.49. The average Bonchev–Trinajstić information content (AvgIpc) is 3.40. The molecule has 0 bridgehead atoms. The van der Waals surface area contributed by atoms with Crippen molar-refractivity contribution < 1.29 is 24.2 Å². The predicted molar refractivity (Wildman–Crippen MR) is 139 cm³/mol. The number of non-ortho nitro benzene ring substituents is 2. The van der Waals surface area contributed by atoms with Crippen molar-refractivity contribution in [1.82, 2.24) is 4.90 Å². The Morgan fingerprint density at radius 1 is 0.846 bits per heavy atom. The molecule has 11 heteroatoms. The fourth-order valence-corrected chi connectivity index (χ4v) is 6.04. The zero-order chi connectivity index (χ0) is 27.6. The van der Waals surface area contributed by atoms with E-state index in [1.165, 1.54) is 42.5 Å². The summed E-state index contributed by atoms with van der Waals surface area (Å²) in [6.45, 7) is 1.58. The molecule has 3 aromatic rings. The number of aryl methyl sites for hydroxylation is 1. The number of nitrogens with zero attached hydrogens (tertiary/aromatic N) is 4. The van der Waals surface area contributed by atoms with Gasteiger partial charge >= 0.3 is 0 Å². The lowest BCUT2D eigenvalue weighted by Gasteiger charge is -2.35. The maximum absolute atomic E-state index is 14.0. The van der Waals surface area contributed by atoms with Crippen LogP contribution in [0.1, 0.15) is 33.1 Å². The zero-order valence-corrected chi connectivity index (χ0v) is 20.5. The quantitative estimate of drug-likeness (QED) is 0.209. The molecule has 0 unspecified atom stereocenters. The Bertz CT molecular complexity index is 1650. The minimum absolute atomic E-state index is 0.0612. The molecule has 3 aromatic carbocycles. The van der Waals surface area contributed by atoms with Crippen molar-refractivity contribution in [2.24, 2.45) is 11.8 Å². The van der Waals surface area contributed by atoms with Crippen LogP contribution in [0.3, 0.4) is 0 Å². The molecule has 194 valence electrons. The number of nitro benzene ring substituents is 2. The number of hydrogen-bond donors (Lipinski definition) is 0. The Morgan fingerprint density at radius 3 is 2.26 bits per heavy atom. The molecule has 0 radical (unpaired) electrons. The van der Waals surface area contributed by atoms with E-state index in [2.05, 4.69) is 0 Å². The van der Waals surface area contributed by atoms with Gasteiger partial charge in [-0.15, -0.1) is 0 Å². The summed E-state index contributed by atoms with van der Waals surface area (Å²) in [5, 5.41) is 22.6. The van der Waals surface area contributed by atoms with Gasteiger partial charge in [0.2, 0.25) is 11.8 Å². The molecule has 11 nitrogen and oxygen atoms in total. The van der Waals surface area contributed by atoms with Gasteiger partial charge in [0.25, 0.3) is 11.4 Å². The zero-order valence-electron chi connectivity index (χ0n) is 20.5. The first-order valence-corrected chi connectivity index (χ1v) is 12.1. The summed E-state index contributed by atoms with van der Waals surface area (Å²) in [7, 11) is 0. The number of fused-ring (bicyclic) bond motifs is 5. The van der Waals surface area contributed by atoms with Crippen LogP contribution in [-0.2, 0) is 9.59 Å². The van der Waals surface area contributed by atoms with Crippen molar-refractivity contribution in [3.8, 4) is 0 Å². The average molecular weight is 524 g/mol. The molecule has 2 amide bonds. The number of benzene rings is 3. The summed E-state index contributed by atoms with van der Waals surface area (Å²) >= 11 is 0. The van der Waals surface area contributed by atoms with Crippen LogP contribution in [0.5, 0.6) is 0 Å². The van der Waals surface area contributed by atoms with E-state index in [-0.39, 0.29) is 22.6 Å². The van der Waals surface area contributed by atoms with Gasteiger partial charge in [-0.2, -0.15) is 0 Å². The number of amides is 2. The first-order valence-electron chi connectivity index (χ1n) is 12.1. The first-order chi connectivity index (χ1) is 18.7. The smallest absolute Gasteiger partial charge is 0.270 e. The second kappa shape index (κ2) is 8.69. The first kappa shape index (κ1) is 24.2. The summed E-state index contributed by atoms with van der Waals surface area (Å²) < 4.78 is 0. The van der Waals surface area contributed by atoms with E-state index in [1.54, 1.807) is 18.0 Å². The van der Waals surface area contributed by atoms with Gasteiger partial charge in [0.1, 0.15) is 6.04 Å². The molecular formula is C28H20N4O7. The molecule has 39 heavy (non-hydrogen) atoms. The lowest BCUT2D eigenvalue weighted by Crippen LogP contribution is -2.44. The number of hydrogen-bond acceptors (Lipinski definition) is 8. The third-order valence-corrected chi connectivity index (χ3v) is 7.70. The van der Waals surface area contributed by atoms with Crippen LogP contribution < -0.4 is 4.90 Å². The monoisotopic (exact) mass is 524 g/mol. The van der Waals surface area contributed by atoms with Crippen LogP contribution in [0.2, 0.25) is 0 Å². The molecule has 6 rings (SSSR count). The van der Waals surface area contributed by atoms with Crippen LogP contribution in [0.25, 0.3) is 6.08 Å². The normalized spacial score (nSPS) is 22.9. The fraction of sp³-hybridized carbons (Fsp3) is 0.179. The topological polar surface area (TPSA) is 144 Å². The van der Waals surface area contributed by atoms with Crippen LogP contribution in [-0.4, -0.2) is 38.4 Å². The number of rotatable bonds is 5. The third kappa shape index (κ3) is 3.54. The van der Waals surface area contributed by atoms with E-state index >= 15 is 0 Å². The largest absolute Gasteiger partial charge is 0.358 e. The van der Waals surface area contributed by atoms with E-state index in [9.17, 15) is 34.6 Å². The second-order valence-electron chi connectivity index (χ2n) is 9.74. The molecule has 2 fully saturated rings. The van der Waals surface area contributed by atoms with Crippen molar-refractivity contribution >= 4 is 40.7 Å². The lowest BCUT2D eigenvalue weighted by atomic mass is 9.83. The van der Waals surface area contributed by atoms with Crippen molar-refractivity contribution in [2.75, 3.05) is 4.90 Å². The maximum Gasteiger partial charge on any atom is 0.270 e. The molecule has 0 spiro atoms. The van der Waals surface area contributed by atoms with Crippen LogP contribution in [0.15, 0.2) is 72.9 Å². The van der Waals surface area contributed by atoms with Crippen molar-refractivity contribution in [3.63, 3.8) is 0 Å². The van der Waals surface area contributed by atoms with Gasteiger partial charge in [0.15, 0.2) is 5.78 Å². The molecule has 4 atom stereocenters. The van der Waals surface area contributed by atoms with E-state index < -0.39 is 51.4 Å². The summed E-state index contributed by atoms with van der Waals surface area (Å²) in [6, 6.07) is 14.9. The van der Waals surface area contributed by atoms with Crippen molar-refractivity contribution in [1.29, 1.82) is 0 Å². The highest BCUT2D eigenvalue weighted by Crippen LogP contribution is 2.54. The SMILES string of the molecule is Cc1cc([N+](=O)[O-])ccc1N1C(=O)[C@@H]2[C@@H](C1=O)[C@@H]1c3ccccc3C=CN1[C@@H]2C(=O)c1cccc([N+](=O)[O-])c1. The number of ketones is 1. The number of Topliss-reactive ketones (excluding diaryl/α,β-unsaturated/α-hetero) is 1. The van der Waals surface area contributed by atoms with Crippen molar-refractivity contribution in [3.05, 3.63) is 115 Å².